The monoisotopic (exact) mass is 710 g/mol. The van der Waals surface area contributed by atoms with E-state index in [1.165, 1.54) is 18.2 Å². The molecule has 2 aromatic heterocycles. The van der Waals surface area contributed by atoms with Gasteiger partial charge in [0.2, 0.25) is 5.88 Å². The second kappa shape index (κ2) is 13.4. The van der Waals surface area contributed by atoms with Crippen molar-refractivity contribution in [3.63, 3.8) is 0 Å². The van der Waals surface area contributed by atoms with Gasteiger partial charge in [0, 0.05) is 33.3 Å². The average molecular weight is 712 g/mol. The molecule has 0 radical (unpaired) electrons. The van der Waals surface area contributed by atoms with E-state index in [1.54, 1.807) is 67.9 Å². The number of aromatic nitrogens is 3. The number of hydrogen-bond acceptors (Lipinski definition) is 8. The topological polar surface area (TPSA) is 133 Å². The smallest absolute Gasteiger partial charge is 0.328 e. The first kappa shape index (κ1) is 33.7. The maximum absolute atomic E-state index is 14.1. The molecule has 1 atom stereocenters. The number of benzene rings is 3. The molecular formula is C34H32Cl2N4O7S. The highest BCUT2D eigenvalue weighted by molar-refractivity contribution is 7.93. The van der Waals surface area contributed by atoms with E-state index in [4.69, 9.17) is 37.4 Å². The van der Waals surface area contributed by atoms with E-state index in [0.717, 1.165) is 9.87 Å². The molecule has 48 heavy (non-hydrogen) atoms. The summed E-state index contributed by atoms with van der Waals surface area (Å²) < 4.78 is 48.6. The summed E-state index contributed by atoms with van der Waals surface area (Å²) in [6.45, 7) is 5.63. The number of anilines is 1. The number of ether oxygens (including phenoxy) is 3. The summed E-state index contributed by atoms with van der Waals surface area (Å²) in [5.41, 5.74) is 0.775. The quantitative estimate of drug-likeness (QED) is 0.173. The standard InChI is InChI=1S/C34H32Cl2N4O7S/c1-34(2,3)31(32(41)42)40(48(43,44)27-17-23(35)16-24(36)18-27)25-9-10-28-22(15-25)13-14-39(28)29-11-12-30(38-37-29)47-26-19-45-33(46-20-26)21-7-5-4-6-8-21/h4-18,26,31,33H,19-20H2,1-3H3,(H,41,42). The average Bonchev–Trinajstić information content (AvgIpc) is 3.47. The fourth-order valence-corrected chi connectivity index (χ4v) is 8.05. The molecule has 250 valence electrons. The zero-order valence-electron chi connectivity index (χ0n) is 26.2. The molecule has 11 nitrogen and oxygen atoms in total. The fraction of sp³-hybridized carbons (Fsp3) is 0.265. The zero-order valence-corrected chi connectivity index (χ0v) is 28.5. The Morgan fingerprint density at radius 1 is 0.958 bits per heavy atom. The highest BCUT2D eigenvalue weighted by Crippen LogP contribution is 2.37. The second-order valence-electron chi connectivity index (χ2n) is 12.3. The predicted molar refractivity (Wildman–Crippen MR) is 181 cm³/mol. The number of nitrogens with zero attached hydrogens (tertiary/aromatic N) is 4. The first-order valence-corrected chi connectivity index (χ1v) is 17.1. The number of carboxylic acid groups (broad SMARTS) is 1. The zero-order chi connectivity index (χ0) is 34.2. The third-order valence-electron chi connectivity index (χ3n) is 7.71. The van der Waals surface area contributed by atoms with Crippen molar-refractivity contribution < 1.29 is 32.5 Å². The van der Waals surface area contributed by atoms with Crippen LogP contribution >= 0.6 is 23.2 Å². The normalized spacial score (nSPS) is 17.6. The third kappa shape index (κ3) is 6.99. The van der Waals surface area contributed by atoms with Gasteiger partial charge in [0.25, 0.3) is 10.0 Å². The van der Waals surface area contributed by atoms with E-state index in [0.29, 0.717) is 35.8 Å². The number of carbonyl (C=O) groups is 1. The van der Waals surface area contributed by atoms with Gasteiger partial charge in [-0.2, -0.15) is 0 Å². The van der Waals surface area contributed by atoms with Crippen molar-refractivity contribution in [2.75, 3.05) is 17.5 Å². The van der Waals surface area contributed by atoms with Crippen molar-refractivity contribution in [2.24, 2.45) is 5.41 Å². The summed E-state index contributed by atoms with van der Waals surface area (Å²) in [4.78, 5) is 12.4. The fourth-order valence-electron chi connectivity index (χ4n) is 5.54. The van der Waals surface area contributed by atoms with Crippen LogP contribution in [0.3, 0.4) is 0 Å². The van der Waals surface area contributed by atoms with E-state index in [-0.39, 0.29) is 26.7 Å². The molecule has 1 aliphatic heterocycles. The largest absolute Gasteiger partial charge is 0.480 e. The van der Waals surface area contributed by atoms with Crippen LogP contribution in [-0.4, -0.2) is 59.6 Å². The second-order valence-corrected chi connectivity index (χ2v) is 15.0. The molecule has 1 saturated heterocycles. The molecule has 1 fully saturated rings. The molecule has 0 amide bonds. The molecule has 1 aliphatic rings. The van der Waals surface area contributed by atoms with Gasteiger partial charge < -0.3 is 19.3 Å². The SMILES string of the molecule is CC(C)(C)C(C(=O)O)N(c1ccc2c(ccn2-c2ccc(OC3COC(c4ccccc4)OC3)nn2)c1)S(=O)(=O)c1cc(Cl)cc(Cl)c1. The summed E-state index contributed by atoms with van der Waals surface area (Å²) in [5, 5.41) is 19.7. The number of aliphatic carboxylic acids is 1. The van der Waals surface area contributed by atoms with Crippen LogP contribution in [-0.2, 0) is 24.3 Å². The van der Waals surface area contributed by atoms with Crippen molar-refractivity contribution in [1.82, 2.24) is 14.8 Å². The first-order chi connectivity index (χ1) is 22.8. The van der Waals surface area contributed by atoms with E-state index in [9.17, 15) is 18.3 Å². The summed E-state index contributed by atoms with van der Waals surface area (Å²) in [7, 11) is -4.45. The molecule has 5 aromatic rings. The molecule has 3 aromatic carbocycles. The number of sulfonamides is 1. The van der Waals surface area contributed by atoms with Crippen LogP contribution < -0.4 is 9.04 Å². The number of fused-ring (bicyclic) bond motifs is 1. The summed E-state index contributed by atoms with van der Waals surface area (Å²) in [6.07, 6.45) is 0.952. The number of halogens is 2. The lowest BCUT2D eigenvalue weighted by Crippen LogP contribution is -2.52. The van der Waals surface area contributed by atoms with Gasteiger partial charge in [0.05, 0.1) is 29.3 Å². The lowest BCUT2D eigenvalue weighted by Gasteiger charge is -2.37. The van der Waals surface area contributed by atoms with Crippen LogP contribution in [0.2, 0.25) is 10.0 Å². The van der Waals surface area contributed by atoms with E-state index >= 15 is 0 Å². The van der Waals surface area contributed by atoms with Crippen molar-refractivity contribution in [1.29, 1.82) is 0 Å². The Hall–Kier alpha value is -4.20. The van der Waals surface area contributed by atoms with Gasteiger partial charge in [0.15, 0.2) is 12.1 Å². The van der Waals surface area contributed by atoms with Crippen LogP contribution in [0.15, 0.2) is 96.0 Å². The predicted octanol–water partition coefficient (Wildman–Crippen LogP) is 6.91. The van der Waals surface area contributed by atoms with Gasteiger partial charge in [-0.15, -0.1) is 10.2 Å². The Balaban J connectivity index is 1.26. The Morgan fingerprint density at radius 2 is 1.65 bits per heavy atom. The number of rotatable bonds is 9. The highest BCUT2D eigenvalue weighted by atomic mass is 35.5. The van der Waals surface area contributed by atoms with Gasteiger partial charge in [-0.3, -0.25) is 8.87 Å². The minimum Gasteiger partial charge on any atom is -0.480 e. The lowest BCUT2D eigenvalue weighted by atomic mass is 9.86. The number of carboxylic acids is 1. The summed E-state index contributed by atoms with van der Waals surface area (Å²) in [5.74, 6) is -0.518. The molecule has 0 bridgehead atoms. The minimum atomic E-state index is -4.45. The van der Waals surface area contributed by atoms with Crippen LogP contribution in [0, 0.1) is 5.41 Å². The molecule has 14 heteroatoms. The van der Waals surface area contributed by atoms with Crippen LogP contribution in [0.25, 0.3) is 16.7 Å². The third-order valence-corrected chi connectivity index (χ3v) is 9.92. The van der Waals surface area contributed by atoms with Gasteiger partial charge >= 0.3 is 5.97 Å². The van der Waals surface area contributed by atoms with Crippen LogP contribution in [0.5, 0.6) is 5.88 Å². The summed E-state index contributed by atoms with van der Waals surface area (Å²) in [6, 6.07) is 22.2. The Labute approximate surface area is 287 Å². The molecule has 6 rings (SSSR count). The lowest BCUT2D eigenvalue weighted by molar-refractivity contribution is -0.216. The molecule has 1 N–H and O–H groups in total. The molecule has 0 aliphatic carbocycles. The molecule has 1 unspecified atom stereocenters. The van der Waals surface area contributed by atoms with Gasteiger partial charge in [-0.05, 0) is 53.9 Å². The first-order valence-electron chi connectivity index (χ1n) is 14.9. The summed E-state index contributed by atoms with van der Waals surface area (Å²) >= 11 is 12.3. The van der Waals surface area contributed by atoms with E-state index in [2.05, 4.69) is 10.2 Å². The Morgan fingerprint density at radius 3 is 2.25 bits per heavy atom. The Kier molecular flexibility index (Phi) is 9.38. The van der Waals surface area contributed by atoms with E-state index < -0.39 is 33.7 Å². The minimum absolute atomic E-state index is 0.103. The maximum Gasteiger partial charge on any atom is 0.328 e. The van der Waals surface area contributed by atoms with Gasteiger partial charge in [-0.1, -0.05) is 74.3 Å². The van der Waals surface area contributed by atoms with Gasteiger partial charge in [-0.25, -0.2) is 13.2 Å². The highest BCUT2D eigenvalue weighted by Gasteiger charge is 2.43. The number of hydrogen-bond donors (Lipinski definition) is 1. The molecular weight excluding hydrogens is 679 g/mol. The Bertz CT molecular complexity index is 2020. The van der Waals surface area contributed by atoms with Crippen molar-refractivity contribution in [2.45, 2.75) is 44.1 Å². The van der Waals surface area contributed by atoms with Crippen molar-refractivity contribution in [3.05, 3.63) is 107 Å². The van der Waals surface area contributed by atoms with E-state index in [1.807, 2.05) is 30.3 Å². The van der Waals surface area contributed by atoms with Crippen LogP contribution in [0.1, 0.15) is 32.6 Å². The van der Waals surface area contributed by atoms with Crippen molar-refractivity contribution in [3.8, 4) is 11.7 Å². The van der Waals surface area contributed by atoms with Crippen molar-refractivity contribution >= 4 is 55.8 Å². The van der Waals surface area contributed by atoms with Crippen LogP contribution in [0.4, 0.5) is 5.69 Å². The van der Waals surface area contributed by atoms with Gasteiger partial charge in [0.1, 0.15) is 12.1 Å². The molecule has 0 spiro atoms. The maximum atomic E-state index is 14.1. The molecule has 0 saturated carbocycles. The molecule has 3 heterocycles.